The zero-order chi connectivity index (χ0) is 21.7. The van der Waals surface area contributed by atoms with Gasteiger partial charge in [0.05, 0.1) is 36.8 Å². The van der Waals surface area contributed by atoms with Crippen molar-refractivity contribution in [3.05, 3.63) is 89.5 Å². The molecule has 7 heteroatoms. The van der Waals surface area contributed by atoms with Crippen molar-refractivity contribution in [3.63, 3.8) is 0 Å². The number of para-hydroxylation sites is 1. The highest BCUT2D eigenvalue weighted by Gasteiger charge is 2.24. The summed E-state index contributed by atoms with van der Waals surface area (Å²) in [5.74, 6) is 0.104. The van der Waals surface area contributed by atoms with E-state index in [2.05, 4.69) is 5.32 Å². The van der Waals surface area contributed by atoms with Gasteiger partial charge in [-0.1, -0.05) is 48.5 Å². The predicted molar refractivity (Wildman–Crippen MR) is 120 cm³/mol. The number of ether oxygens (including phenoxy) is 1. The lowest BCUT2D eigenvalue weighted by Crippen LogP contribution is -2.31. The molecule has 0 atom stereocenters. The van der Waals surface area contributed by atoms with E-state index in [9.17, 15) is 13.2 Å². The van der Waals surface area contributed by atoms with Gasteiger partial charge in [0.2, 0.25) is 10.0 Å². The minimum Gasteiger partial charge on any atom is -0.495 e. The molecule has 3 rings (SSSR count). The van der Waals surface area contributed by atoms with Crippen LogP contribution in [0.5, 0.6) is 5.75 Å². The number of sulfonamides is 1. The summed E-state index contributed by atoms with van der Waals surface area (Å²) in [5.41, 5.74) is 2.86. The summed E-state index contributed by atoms with van der Waals surface area (Å²) in [6, 6.07) is 21.4. The van der Waals surface area contributed by atoms with Crippen molar-refractivity contribution in [3.8, 4) is 5.75 Å². The third-order valence-corrected chi connectivity index (χ3v) is 5.72. The van der Waals surface area contributed by atoms with E-state index in [4.69, 9.17) is 4.74 Å². The van der Waals surface area contributed by atoms with Crippen molar-refractivity contribution in [1.82, 2.24) is 0 Å². The maximum absolute atomic E-state index is 13.1. The third-order valence-electron chi connectivity index (χ3n) is 4.59. The Morgan fingerprint density at radius 1 is 1.00 bits per heavy atom. The number of benzene rings is 3. The van der Waals surface area contributed by atoms with Gasteiger partial charge in [0, 0.05) is 0 Å². The fourth-order valence-electron chi connectivity index (χ4n) is 3.12. The van der Waals surface area contributed by atoms with E-state index in [1.807, 2.05) is 43.3 Å². The topological polar surface area (TPSA) is 75.7 Å². The van der Waals surface area contributed by atoms with Crippen molar-refractivity contribution in [2.75, 3.05) is 23.0 Å². The molecule has 0 aliphatic heterocycles. The van der Waals surface area contributed by atoms with Gasteiger partial charge in [-0.3, -0.25) is 9.10 Å². The number of aryl methyl sites for hydroxylation is 1. The first kappa shape index (κ1) is 21.4. The fraction of sp³-hybridized carbons (Fsp3) is 0.174. The lowest BCUT2D eigenvalue weighted by molar-refractivity contribution is 0.102. The summed E-state index contributed by atoms with van der Waals surface area (Å²) in [6.07, 6.45) is 1.13. The van der Waals surface area contributed by atoms with Gasteiger partial charge in [-0.25, -0.2) is 8.42 Å². The first-order chi connectivity index (χ1) is 14.3. The molecule has 1 amide bonds. The zero-order valence-corrected chi connectivity index (χ0v) is 17.9. The number of amides is 1. The number of hydrogen-bond donors (Lipinski definition) is 1. The number of carbonyl (C=O) groups is 1. The Morgan fingerprint density at radius 2 is 1.67 bits per heavy atom. The van der Waals surface area contributed by atoms with Crippen molar-refractivity contribution in [2.45, 2.75) is 13.5 Å². The summed E-state index contributed by atoms with van der Waals surface area (Å²) in [4.78, 5) is 13.1. The van der Waals surface area contributed by atoms with E-state index < -0.39 is 15.9 Å². The van der Waals surface area contributed by atoms with Crippen LogP contribution in [0.15, 0.2) is 72.8 Å². The summed E-state index contributed by atoms with van der Waals surface area (Å²) < 4.78 is 31.7. The second-order valence-corrected chi connectivity index (χ2v) is 8.84. The molecule has 0 fully saturated rings. The lowest BCUT2D eigenvalue weighted by atomic mass is 10.1. The SMILES string of the molecule is COc1ccc(C)cc1NC(=O)c1ccccc1N(Cc1ccccc1)S(C)(=O)=O. The molecule has 6 nitrogen and oxygen atoms in total. The van der Waals surface area contributed by atoms with Crippen LogP contribution < -0.4 is 14.4 Å². The van der Waals surface area contributed by atoms with Gasteiger partial charge in [-0.05, 0) is 42.3 Å². The molecule has 0 unspecified atom stereocenters. The number of nitrogens with one attached hydrogen (secondary N) is 1. The fourth-order valence-corrected chi connectivity index (χ4v) is 4.02. The quantitative estimate of drug-likeness (QED) is 0.616. The molecule has 0 aliphatic carbocycles. The van der Waals surface area contributed by atoms with E-state index in [0.717, 1.165) is 17.4 Å². The molecule has 3 aromatic carbocycles. The van der Waals surface area contributed by atoms with Crippen molar-refractivity contribution < 1.29 is 17.9 Å². The van der Waals surface area contributed by atoms with Crippen molar-refractivity contribution in [1.29, 1.82) is 0 Å². The number of hydrogen-bond acceptors (Lipinski definition) is 4. The Morgan fingerprint density at radius 3 is 2.33 bits per heavy atom. The molecule has 3 aromatic rings. The number of nitrogens with zero attached hydrogens (tertiary/aromatic N) is 1. The maximum Gasteiger partial charge on any atom is 0.257 e. The minimum absolute atomic E-state index is 0.123. The average molecular weight is 425 g/mol. The maximum atomic E-state index is 13.1. The van der Waals surface area contributed by atoms with Crippen molar-refractivity contribution in [2.24, 2.45) is 0 Å². The van der Waals surface area contributed by atoms with Crippen LogP contribution in [0.3, 0.4) is 0 Å². The largest absolute Gasteiger partial charge is 0.495 e. The summed E-state index contributed by atoms with van der Waals surface area (Å²) in [6.45, 7) is 2.03. The summed E-state index contributed by atoms with van der Waals surface area (Å²) in [5, 5.41) is 2.84. The number of anilines is 2. The van der Waals surface area contributed by atoms with E-state index in [1.54, 1.807) is 36.4 Å². The Balaban J connectivity index is 1.99. The van der Waals surface area contributed by atoms with Crippen LogP contribution in [-0.4, -0.2) is 27.7 Å². The highest BCUT2D eigenvalue weighted by molar-refractivity contribution is 7.92. The molecule has 30 heavy (non-hydrogen) atoms. The number of methoxy groups -OCH3 is 1. The first-order valence-corrected chi connectivity index (χ1v) is 11.2. The molecule has 0 aromatic heterocycles. The molecule has 0 heterocycles. The average Bonchev–Trinajstić information content (AvgIpc) is 2.72. The molecule has 0 saturated carbocycles. The van der Waals surface area contributed by atoms with Crippen LogP contribution in [0.2, 0.25) is 0 Å². The summed E-state index contributed by atoms with van der Waals surface area (Å²) >= 11 is 0. The second kappa shape index (κ2) is 9.00. The molecular formula is C23H24N2O4S. The molecule has 0 spiro atoms. The number of rotatable bonds is 7. The van der Waals surface area contributed by atoms with Gasteiger partial charge in [-0.2, -0.15) is 0 Å². The van der Waals surface area contributed by atoms with E-state index >= 15 is 0 Å². The molecule has 1 N–H and O–H groups in total. The first-order valence-electron chi connectivity index (χ1n) is 9.36. The number of carbonyl (C=O) groups excluding carboxylic acids is 1. The minimum atomic E-state index is -3.64. The zero-order valence-electron chi connectivity index (χ0n) is 17.1. The van der Waals surface area contributed by atoms with E-state index in [-0.39, 0.29) is 12.1 Å². The van der Waals surface area contributed by atoms with Crippen LogP contribution in [0.4, 0.5) is 11.4 Å². The Hall–Kier alpha value is -3.32. The summed E-state index contributed by atoms with van der Waals surface area (Å²) in [7, 11) is -2.11. The van der Waals surface area contributed by atoms with Crippen LogP contribution in [-0.2, 0) is 16.6 Å². The van der Waals surface area contributed by atoms with E-state index in [0.29, 0.717) is 17.1 Å². The molecule has 156 valence electrons. The smallest absolute Gasteiger partial charge is 0.257 e. The van der Waals surface area contributed by atoms with Crippen LogP contribution in [0.1, 0.15) is 21.5 Å². The van der Waals surface area contributed by atoms with Gasteiger partial charge in [-0.15, -0.1) is 0 Å². The molecule has 0 saturated heterocycles. The lowest BCUT2D eigenvalue weighted by Gasteiger charge is -2.25. The van der Waals surface area contributed by atoms with Gasteiger partial charge in [0.15, 0.2) is 0 Å². The highest BCUT2D eigenvalue weighted by atomic mass is 32.2. The van der Waals surface area contributed by atoms with Gasteiger partial charge in [0.1, 0.15) is 5.75 Å². The molecule has 0 bridgehead atoms. The van der Waals surface area contributed by atoms with Crippen LogP contribution in [0, 0.1) is 6.92 Å². The Kier molecular flexibility index (Phi) is 6.42. The molecule has 0 radical (unpaired) electrons. The van der Waals surface area contributed by atoms with Crippen LogP contribution >= 0.6 is 0 Å². The molecular weight excluding hydrogens is 400 g/mol. The highest BCUT2D eigenvalue weighted by Crippen LogP contribution is 2.29. The van der Waals surface area contributed by atoms with Crippen LogP contribution in [0.25, 0.3) is 0 Å². The second-order valence-electron chi connectivity index (χ2n) is 6.93. The normalized spacial score (nSPS) is 11.0. The monoisotopic (exact) mass is 424 g/mol. The predicted octanol–water partition coefficient (Wildman–Crippen LogP) is 4.22. The van der Waals surface area contributed by atoms with E-state index in [1.165, 1.54) is 11.4 Å². The Bertz CT molecular complexity index is 1140. The Labute approximate surface area is 177 Å². The third kappa shape index (κ3) is 4.99. The van der Waals surface area contributed by atoms with Gasteiger partial charge in [0.25, 0.3) is 5.91 Å². The standard InChI is InChI=1S/C23H24N2O4S/c1-17-13-14-22(29-2)20(15-17)24-23(26)19-11-7-8-12-21(19)25(30(3,27)28)16-18-9-5-4-6-10-18/h4-15H,16H2,1-3H3,(H,24,26). The molecule has 0 aliphatic rings. The van der Waals surface area contributed by atoms with Crippen molar-refractivity contribution >= 4 is 27.3 Å². The van der Waals surface area contributed by atoms with Gasteiger partial charge >= 0.3 is 0 Å². The van der Waals surface area contributed by atoms with Gasteiger partial charge < -0.3 is 10.1 Å².